The molecule has 3 heterocycles. The molecule has 0 spiro atoms. The third-order valence-corrected chi connectivity index (χ3v) is 4.46. The van der Waals surface area contributed by atoms with Gasteiger partial charge in [0.1, 0.15) is 0 Å². The molecule has 0 N–H and O–H groups in total. The van der Waals surface area contributed by atoms with E-state index >= 15 is 0 Å². The first-order chi connectivity index (χ1) is 11.8. The van der Waals surface area contributed by atoms with Gasteiger partial charge in [0.05, 0.1) is 11.9 Å². The molecule has 2 aromatic heterocycles. The van der Waals surface area contributed by atoms with Crippen molar-refractivity contribution in [1.82, 2.24) is 24.6 Å². The molecular weight excluding hydrogens is 298 g/mol. The average Bonchev–Trinajstić information content (AvgIpc) is 3.09. The molecule has 0 aliphatic carbocycles. The lowest BCUT2D eigenvalue weighted by atomic mass is 10.1. The van der Waals surface area contributed by atoms with E-state index in [-0.39, 0.29) is 0 Å². The van der Waals surface area contributed by atoms with Crippen LogP contribution in [0.3, 0.4) is 0 Å². The van der Waals surface area contributed by atoms with E-state index in [1.54, 1.807) is 0 Å². The van der Waals surface area contributed by atoms with Crippen LogP contribution in [0.5, 0.6) is 0 Å². The predicted molar refractivity (Wildman–Crippen MR) is 93.2 cm³/mol. The van der Waals surface area contributed by atoms with Gasteiger partial charge in [0, 0.05) is 61.7 Å². The second-order valence-corrected chi connectivity index (χ2v) is 6.20. The number of nitrogens with zero attached hydrogens (tertiary/aromatic N) is 5. The topological polar surface area (TPSA) is 46.8 Å². The number of aromatic nitrogens is 4. The highest BCUT2D eigenvalue weighted by molar-refractivity contribution is 5.54. The third-order valence-electron chi connectivity index (χ3n) is 4.46. The fourth-order valence-corrected chi connectivity index (χ4v) is 3.16. The maximum atomic E-state index is 4.79. The molecule has 0 atom stereocenters. The molecule has 0 saturated heterocycles. The van der Waals surface area contributed by atoms with Crippen LogP contribution in [-0.2, 0) is 26.1 Å². The summed E-state index contributed by atoms with van der Waals surface area (Å²) in [6.07, 6.45) is 7.06. The van der Waals surface area contributed by atoms with Crippen molar-refractivity contribution in [1.29, 1.82) is 0 Å². The minimum absolute atomic E-state index is 0.826. The Labute approximate surface area is 142 Å². The molecule has 1 aliphatic rings. The van der Waals surface area contributed by atoms with Crippen molar-refractivity contribution in [2.75, 3.05) is 6.54 Å². The molecule has 1 aromatic carbocycles. The second-order valence-electron chi connectivity index (χ2n) is 6.20. The maximum Gasteiger partial charge on any atom is 0.159 e. The van der Waals surface area contributed by atoms with Gasteiger partial charge < -0.3 is 0 Å². The molecule has 5 heteroatoms. The van der Waals surface area contributed by atoms with Crippen molar-refractivity contribution in [2.45, 2.75) is 33.0 Å². The van der Waals surface area contributed by atoms with Crippen molar-refractivity contribution >= 4 is 0 Å². The predicted octanol–water partition coefficient (Wildman–Crippen LogP) is 2.92. The quantitative estimate of drug-likeness (QED) is 0.742. The van der Waals surface area contributed by atoms with E-state index in [9.17, 15) is 0 Å². The van der Waals surface area contributed by atoms with Gasteiger partial charge in [-0.2, -0.15) is 5.10 Å². The lowest BCUT2D eigenvalue weighted by molar-refractivity contribution is 0.243. The minimum atomic E-state index is 0.826. The van der Waals surface area contributed by atoms with Crippen molar-refractivity contribution in [2.24, 2.45) is 0 Å². The SMILES string of the molecule is CCn1cc(CN2CCc3nc(-c4ccccc4)ncc3C2)cn1. The average molecular weight is 319 g/mol. The summed E-state index contributed by atoms with van der Waals surface area (Å²) in [6.45, 7) is 5.88. The molecule has 5 nitrogen and oxygen atoms in total. The van der Waals surface area contributed by atoms with Gasteiger partial charge in [0.15, 0.2) is 5.82 Å². The number of hydrogen-bond donors (Lipinski definition) is 0. The molecule has 0 saturated carbocycles. The molecule has 3 aromatic rings. The normalized spacial score (nSPS) is 14.5. The highest BCUT2D eigenvalue weighted by Gasteiger charge is 2.19. The van der Waals surface area contributed by atoms with Gasteiger partial charge in [-0.1, -0.05) is 30.3 Å². The van der Waals surface area contributed by atoms with Crippen LogP contribution in [0.25, 0.3) is 11.4 Å². The molecule has 0 bridgehead atoms. The Morgan fingerprint density at radius 1 is 1.12 bits per heavy atom. The van der Waals surface area contributed by atoms with Crippen LogP contribution in [-0.4, -0.2) is 31.2 Å². The molecule has 4 rings (SSSR count). The molecule has 0 unspecified atom stereocenters. The minimum Gasteiger partial charge on any atom is -0.294 e. The van der Waals surface area contributed by atoms with Crippen molar-refractivity contribution in [3.8, 4) is 11.4 Å². The van der Waals surface area contributed by atoms with Crippen molar-refractivity contribution in [3.05, 3.63) is 65.7 Å². The summed E-state index contributed by atoms with van der Waals surface area (Å²) in [5, 5.41) is 4.35. The molecule has 122 valence electrons. The summed E-state index contributed by atoms with van der Waals surface area (Å²) >= 11 is 0. The maximum absolute atomic E-state index is 4.79. The summed E-state index contributed by atoms with van der Waals surface area (Å²) in [4.78, 5) is 11.8. The van der Waals surface area contributed by atoms with Crippen LogP contribution in [0.15, 0.2) is 48.9 Å². The summed E-state index contributed by atoms with van der Waals surface area (Å²) in [7, 11) is 0. The van der Waals surface area contributed by atoms with Crippen molar-refractivity contribution < 1.29 is 0 Å². The Morgan fingerprint density at radius 2 is 2.00 bits per heavy atom. The van der Waals surface area contributed by atoms with Gasteiger partial charge in [0.25, 0.3) is 0 Å². The Balaban J connectivity index is 1.49. The van der Waals surface area contributed by atoms with E-state index in [1.165, 1.54) is 16.8 Å². The second kappa shape index (κ2) is 6.53. The zero-order valence-electron chi connectivity index (χ0n) is 13.9. The largest absolute Gasteiger partial charge is 0.294 e. The van der Waals surface area contributed by atoms with Gasteiger partial charge in [-0.05, 0) is 6.92 Å². The molecule has 0 radical (unpaired) electrons. The number of fused-ring (bicyclic) bond motifs is 1. The monoisotopic (exact) mass is 319 g/mol. The molecule has 0 fully saturated rings. The van der Waals surface area contributed by atoms with Gasteiger partial charge >= 0.3 is 0 Å². The molecule has 24 heavy (non-hydrogen) atoms. The van der Waals surface area contributed by atoms with Crippen LogP contribution >= 0.6 is 0 Å². The zero-order valence-corrected chi connectivity index (χ0v) is 13.9. The smallest absolute Gasteiger partial charge is 0.159 e. The standard InChI is InChI=1S/C19H21N5/c1-2-24-13-15(10-21-24)12-23-9-8-18-17(14-23)11-20-19(22-18)16-6-4-3-5-7-16/h3-7,10-11,13H,2,8-9,12,14H2,1H3. The van der Waals surface area contributed by atoms with Crippen molar-refractivity contribution in [3.63, 3.8) is 0 Å². The third kappa shape index (κ3) is 3.08. The summed E-state index contributed by atoms with van der Waals surface area (Å²) in [6, 6.07) is 10.2. The van der Waals surface area contributed by atoms with E-state index in [4.69, 9.17) is 4.98 Å². The molecule has 0 amide bonds. The summed E-state index contributed by atoms with van der Waals surface area (Å²) in [5.74, 6) is 0.826. The van der Waals surface area contributed by atoms with Gasteiger partial charge in [0.2, 0.25) is 0 Å². The zero-order chi connectivity index (χ0) is 16.4. The van der Waals surface area contributed by atoms with Crippen LogP contribution in [0.4, 0.5) is 0 Å². The van der Waals surface area contributed by atoms with E-state index in [1.807, 2.05) is 35.3 Å². The Bertz CT molecular complexity index is 825. The van der Waals surface area contributed by atoms with E-state index in [0.717, 1.165) is 44.0 Å². The van der Waals surface area contributed by atoms with E-state index in [0.29, 0.717) is 0 Å². The van der Waals surface area contributed by atoms with E-state index < -0.39 is 0 Å². The lowest BCUT2D eigenvalue weighted by Gasteiger charge is -2.27. The fourth-order valence-electron chi connectivity index (χ4n) is 3.16. The summed E-state index contributed by atoms with van der Waals surface area (Å²) < 4.78 is 1.97. The number of benzene rings is 1. The molecular formula is C19H21N5. The van der Waals surface area contributed by atoms with Gasteiger partial charge in [-0.3, -0.25) is 9.58 Å². The van der Waals surface area contributed by atoms with Crippen LogP contribution in [0, 0.1) is 0 Å². The van der Waals surface area contributed by atoms with Crippen LogP contribution in [0.1, 0.15) is 23.7 Å². The first-order valence-corrected chi connectivity index (χ1v) is 8.45. The Kier molecular flexibility index (Phi) is 4.09. The Morgan fingerprint density at radius 3 is 2.79 bits per heavy atom. The van der Waals surface area contributed by atoms with Gasteiger partial charge in [-0.25, -0.2) is 9.97 Å². The highest BCUT2D eigenvalue weighted by atomic mass is 15.3. The lowest BCUT2D eigenvalue weighted by Crippen LogP contribution is -2.30. The summed E-state index contributed by atoms with van der Waals surface area (Å²) in [5.41, 5.74) is 4.77. The first-order valence-electron chi connectivity index (χ1n) is 8.45. The first kappa shape index (κ1) is 15.0. The number of hydrogen-bond acceptors (Lipinski definition) is 4. The number of aryl methyl sites for hydroxylation is 1. The highest BCUT2D eigenvalue weighted by Crippen LogP contribution is 2.21. The van der Waals surface area contributed by atoms with E-state index in [2.05, 4.69) is 40.2 Å². The number of rotatable bonds is 4. The fraction of sp³-hybridized carbons (Fsp3) is 0.316. The molecule has 1 aliphatic heterocycles. The van der Waals surface area contributed by atoms with Crippen LogP contribution < -0.4 is 0 Å². The van der Waals surface area contributed by atoms with Crippen LogP contribution in [0.2, 0.25) is 0 Å². The van der Waals surface area contributed by atoms with Gasteiger partial charge in [-0.15, -0.1) is 0 Å². The Hall–Kier alpha value is -2.53.